The summed E-state index contributed by atoms with van der Waals surface area (Å²) in [5.41, 5.74) is 1.75. The second kappa shape index (κ2) is 6.15. The third-order valence-electron chi connectivity index (χ3n) is 2.62. The Labute approximate surface area is 115 Å². The van der Waals surface area contributed by atoms with Crippen molar-refractivity contribution in [2.75, 3.05) is 5.32 Å². The number of benzene rings is 1. The average Bonchev–Trinajstić information content (AvgIpc) is 2.93. The van der Waals surface area contributed by atoms with Crippen molar-refractivity contribution in [3.05, 3.63) is 52.2 Å². The minimum absolute atomic E-state index is 0.388. The van der Waals surface area contributed by atoms with Gasteiger partial charge in [-0.25, -0.2) is 4.79 Å². The van der Waals surface area contributed by atoms with E-state index in [2.05, 4.69) is 10.6 Å². The predicted octanol–water partition coefficient (Wildman–Crippen LogP) is 3.27. The van der Waals surface area contributed by atoms with Gasteiger partial charge in [-0.15, -0.1) is 11.3 Å². The Hall–Kier alpha value is -2.14. The Morgan fingerprint density at radius 3 is 2.63 bits per heavy atom. The molecule has 0 aliphatic rings. The van der Waals surface area contributed by atoms with Gasteiger partial charge in [0, 0.05) is 5.69 Å². The van der Waals surface area contributed by atoms with Crippen LogP contribution in [-0.2, 0) is 6.42 Å². The van der Waals surface area contributed by atoms with Gasteiger partial charge in [0.05, 0.1) is 4.88 Å². The van der Waals surface area contributed by atoms with Gasteiger partial charge < -0.3 is 5.32 Å². The minimum Gasteiger partial charge on any atom is -0.307 e. The summed E-state index contributed by atoms with van der Waals surface area (Å²) in [6.45, 7) is 2.01. The third-order valence-corrected chi connectivity index (χ3v) is 3.49. The van der Waals surface area contributed by atoms with Crippen LogP contribution in [0.5, 0.6) is 0 Å². The summed E-state index contributed by atoms with van der Waals surface area (Å²) in [4.78, 5) is 24.0. The first kappa shape index (κ1) is 13.3. The van der Waals surface area contributed by atoms with Gasteiger partial charge >= 0.3 is 6.03 Å². The van der Waals surface area contributed by atoms with E-state index in [0.717, 1.165) is 17.7 Å². The van der Waals surface area contributed by atoms with E-state index in [1.54, 1.807) is 17.5 Å². The molecule has 2 rings (SSSR count). The molecular formula is C14H14N2O2S. The topological polar surface area (TPSA) is 58.2 Å². The van der Waals surface area contributed by atoms with Crippen LogP contribution in [0.2, 0.25) is 0 Å². The van der Waals surface area contributed by atoms with Crippen LogP contribution in [0.1, 0.15) is 22.2 Å². The molecule has 0 atom stereocenters. The smallest absolute Gasteiger partial charge is 0.307 e. The highest BCUT2D eigenvalue weighted by Gasteiger charge is 2.11. The lowest BCUT2D eigenvalue weighted by Gasteiger charge is -2.09. The lowest BCUT2D eigenvalue weighted by molar-refractivity contribution is 0.0971. The maximum atomic E-state index is 11.7. The lowest BCUT2D eigenvalue weighted by atomic mass is 10.1. The summed E-state index contributed by atoms with van der Waals surface area (Å²) in [7, 11) is 0. The van der Waals surface area contributed by atoms with Gasteiger partial charge in [-0.2, -0.15) is 0 Å². The molecule has 0 aliphatic carbocycles. The van der Waals surface area contributed by atoms with Crippen LogP contribution in [-0.4, -0.2) is 11.9 Å². The molecule has 0 bridgehead atoms. The normalized spacial score (nSPS) is 9.95. The molecule has 1 heterocycles. The number of nitrogens with one attached hydrogen (secondary N) is 2. The fourth-order valence-corrected chi connectivity index (χ4v) is 2.30. The van der Waals surface area contributed by atoms with Gasteiger partial charge in [0.2, 0.25) is 0 Å². The highest BCUT2D eigenvalue weighted by Crippen LogP contribution is 2.15. The van der Waals surface area contributed by atoms with Gasteiger partial charge in [-0.1, -0.05) is 31.2 Å². The van der Waals surface area contributed by atoms with Gasteiger partial charge in [0.25, 0.3) is 5.91 Å². The number of para-hydroxylation sites is 1. The van der Waals surface area contributed by atoms with Crippen molar-refractivity contribution in [2.45, 2.75) is 13.3 Å². The number of carbonyl (C=O) groups is 2. The zero-order valence-corrected chi connectivity index (χ0v) is 11.3. The molecule has 0 fully saturated rings. The summed E-state index contributed by atoms with van der Waals surface area (Å²) in [5, 5.41) is 6.78. The minimum atomic E-state index is -0.515. The molecule has 0 unspecified atom stereocenters. The monoisotopic (exact) mass is 274 g/mol. The van der Waals surface area contributed by atoms with Crippen molar-refractivity contribution < 1.29 is 9.59 Å². The van der Waals surface area contributed by atoms with Crippen LogP contribution in [0.15, 0.2) is 41.8 Å². The SMILES string of the molecule is CCc1ccccc1NC(=O)NC(=O)c1cccs1. The summed E-state index contributed by atoms with van der Waals surface area (Å²) in [6.07, 6.45) is 0.815. The van der Waals surface area contributed by atoms with E-state index in [-0.39, 0.29) is 5.91 Å². The Kier molecular flexibility index (Phi) is 4.30. The third kappa shape index (κ3) is 3.42. The van der Waals surface area contributed by atoms with E-state index < -0.39 is 6.03 Å². The van der Waals surface area contributed by atoms with Gasteiger partial charge in [0.15, 0.2) is 0 Å². The number of thiophene rings is 1. The van der Waals surface area contributed by atoms with Crippen LogP contribution in [0, 0.1) is 0 Å². The van der Waals surface area contributed by atoms with Crippen molar-refractivity contribution in [1.82, 2.24) is 5.32 Å². The van der Waals surface area contributed by atoms with Gasteiger partial charge in [-0.05, 0) is 29.5 Å². The molecule has 4 nitrogen and oxygen atoms in total. The second-order valence-electron chi connectivity index (χ2n) is 3.90. The summed E-state index contributed by atoms with van der Waals surface area (Å²) in [5.74, 6) is -0.388. The molecule has 98 valence electrons. The maximum Gasteiger partial charge on any atom is 0.326 e. The maximum absolute atomic E-state index is 11.7. The Balaban J connectivity index is 2.00. The summed E-state index contributed by atoms with van der Waals surface area (Å²) >= 11 is 1.29. The number of anilines is 1. The Morgan fingerprint density at radius 2 is 1.95 bits per heavy atom. The van der Waals surface area contributed by atoms with E-state index in [9.17, 15) is 9.59 Å². The number of imide groups is 1. The van der Waals surface area contributed by atoms with Crippen molar-refractivity contribution in [2.24, 2.45) is 0 Å². The van der Waals surface area contributed by atoms with Gasteiger partial charge in [-0.3, -0.25) is 10.1 Å². The molecule has 0 aliphatic heterocycles. The van der Waals surface area contributed by atoms with E-state index in [4.69, 9.17) is 0 Å². The van der Waals surface area contributed by atoms with E-state index in [1.807, 2.05) is 31.2 Å². The molecule has 0 saturated carbocycles. The fraction of sp³-hybridized carbons (Fsp3) is 0.143. The zero-order chi connectivity index (χ0) is 13.7. The molecule has 2 aromatic rings. The van der Waals surface area contributed by atoms with Crippen molar-refractivity contribution in [3.8, 4) is 0 Å². The molecule has 0 saturated heterocycles. The predicted molar refractivity (Wildman–Crippen MR) is 76.6 cm³/mol. The van der Waals surface area contributed by atoms with Crippen LogP contribution in [0.4, 0.5) is 10.5 Å². The molecule has 1 aromatic carbocycles. The van der Waals surface area contributed by atoms with E-state index >= 15 is 0 Å². The molecular weight excluding hydrogens is 260 g/mol. The zero-order valence-electron chi connectivity index (χ0n) is 10.5. The van der Waals surface area contributed by atoms with Crippen LogP contribution in [0.25, 0.3) is 0 Å². The van der Waals surface area contributed by atoms with Crippen molar-refractivity contribution in [1.29, 1.82) is 0 Å². The number of hydrogen-bond donors (Lipinski definition) is 2. The number of amides is 3. The quantitative estimate of drug-likeness (QED) is 0.902. The first-order chi connectivity index (χ1) is 9.20. The largest absolute Gasteiger partial charge is 0.326 e. The van der Waals surface area contributed by atoms with Crippen molar-refractivity contribution >= 4 is 29.0 Å². The first-order valence-corrected chi connectivity index (χ1v) is 6.82. The van der Waals surface area contributed by atoms with Crippen molar-refractivity contribution in [3.63, 3.8) is 0 Å². The number of rotatable bonds is 3. The highest BCUT2D eigenvalue weighted by atomic mass is 32.1. The Morgan fingerprint density at radius 1 is 1.16 bits per heavy atom. The second-order valence-corrected chi connectivity index (χ2v) is 4.84. The number of hydrogen-bond acceptors (Lipinski definition) is 3. The fourth-order valence-electron chi connectivity index (χ4n) is 1.68. The number of carbonyl (C=O) groups excluding carboxylic acids is 2. The molecule has 3 amide bonds. The van der Waals surface area contributed by atoms with E-state index in [0.29, 0.717) is 4.88 Å². The average molecular weight is 274 g/mol. The number of aryl methyl sites for hydroxylation is 1. The van der Waals surface area contributed by atoms with Gasteiger partial charge in [0.1, 0.15) is 0 Å². The molecule has 0 spiro atoms. The Bertz CT molecular complexity index is 579. The lowest BCUT2D eigenvalue weighted by Crippen LogP contribution is -2.34. The summed E-state index contributed by atoms with van der Waals surface area (Å²) in [6, 6.07) is 10.4. The number of urea groups is 1. The molecule has 1 aromatic heterocycles. The molecule has 2 N–H and O–H groups in total. The highest BCUT2D eigenvalue weighted by molar-refractivity contribution is 7.12. The summed E-state index contributed by atoms with van der Waals surface area (Å²) < 4.78 is 0. The molecule has 0 radical (unpaired) electrons. The molecule has 5 heteroatoms. The molecule has 19 heavy (non-hydrogen) atoms. The van der Waals surface area contributed by atoms with Crippen LogP contribution < -0.4 is 10.6 Å². The van der Waals surface area contributed by atoms with Crippen LogP contribution >= 0.6 is 11.3 Å². The van der Waals surface area contributed by atoms with Crippen LogP contribution in [0.3, 0.4) is 0 Å². The first-order valence-electron chi connectivity index (χ1n) is 5.94. The van der Waals surface area contributed by atoms with E-state index in [1.165, 1.54) is 11.3 Å². The standard InChI is InChI=1S/C14H14N2O2S/c1-2-10-6-3-4-7-11(10)15-14(18)16-13(17)12-8-5-9-19-12/h3-9H,2H2,1H3,(H2,15,16,17,18).